The average molecular weight is 216 g/mol. The standard InChI is InChI=1S/C13H10ClN/c14-9-2-1-5-11-6-3-8-13-12(11)7-4-10-15-13/h3-4,6-8,10H,2,9H2. The van der Waals surface area contributed by atoms with E-state index in [1.807, 2.05) is 30.3 Å². The lowest BCUT2D eigenvalue weighted by Crippen LogP contribution is -1.82. The fraction of sp³-hybridized carbons (Fsp3) is 0.154. The van der Waals surface area contributed by atoms with Crippen LogP contribution in [0.5, 0.6) is 0 Å². The Bertz CT molecular complexity index is 517. The summed E-state index contributed by atoms with van der Waals surface area (Å²) in [4.78, 5) is 4.28. The average Bonchev–Trinajstić information content (AvgIpc) is 2.30. The van der Waals surface area contributed by atoms with Crippen LogP contribution in [0.4, 0.5) is 0 Å². The predicted octanol–water partition coefficient (Wildman–Crippen LogP) is 3.22. The lowest BCUT2D eigenvalue weighted by Gasteiger charge is -1.98. The molecule has 1 aromatic heterocycles. The maximum absolute atomic E-state index is 5.57. The van der Waals surface area contributed by atoms with E-state index in [-0.39, 0.29) is 0 Å². The van der Waals surface area contributed by atoms with Crippen LogP contribution in [0.3, 0.4) is 0 Å². The second-order valence-electron chi connectivity index (χ2n) is 3.12. The fourth-order valence-electron chi connectivity index (χ4n) is 1.42. The van der Waals surface area contributed by atoms with Crippen LogP contribution < -0.4 is 0 Å². The van der Waals surface area contributed by atoms with Gasteiger partial charge in [0.15, 0.2) is 0 Å². The highest BCUT2D eigenvalue weighted by Crippen LogP contribution is 2.14. The van der Waals surface area contributed by atoms with Crippen LogP contribution in [0.2, 0.25) is 0 Å². The number of rotatable bonds is 1. The molecule has 0 aliphatic rings. The quantitative estimate of drug-likeness (QED) is 0.526. The number of pyridine rings is 1. The largest absolute Gasteiger partial charge is 0.256 e. The molecule has 1 heterocycles. The summed E-state index contributed by atoms with van der Waals surface area (Å²) < 4.78 is 0. The molecule has 0 fully saturated rings. The summed E-state index contributed by atoms with van der Waals surface area (Å²) in [6.07, 6.45) is 2.51. The second kappa shape index (κ2) is 4.82. The van der Waals surface area contributed by atoms with E-state index in [1.165, 1.54) is 0 Å². The van der Waals surface area contributed by atoms with Crippen molar-refractivity contribution in [1.29, 1.82) is 0 Å². The monoisotopic (exact) mass is 215 g/mol. The Balaban J connectivity index is 2.48. The van der Waals surface area contributed by atoms with Crippen LogP contribution in [0.25, 0.3) is 10.9 Å². The third-order valence-electron chi connectivity index (χ3n) is 2.09. The highest BCUT2D eigenvalue weighted by atomic mass is 35.5. The van der Waals surface area contributed by atoms with E-state index in [0.29, 0.717) is 5.88 Å². The zero-order valence-corrected chi connectivity index (χ0v) is 8.96. The third kappa shape index (κ3) is 2.29. The van der Waals surface area contributed by atoms with Gasteiger partial charge in [0.1, 0.15) is 0 Å². The van der Waals surface area contributed by atoms with Crippen LogP contribution in [0.1, 0.15) is 12.0 Å². The van der Waals surface area contributed by atoms with Gasteiger partial charge in [-0.05, 0) is 18.2 Å². The molecular formula is C13H10ClN. The molecule has 74 valence electrons. The molecule has 2 rings (SSSR count). The summed E-state index contributed by atoms with van der Waals surface area (Å²) in [7, 11) is 0. The van der Waals surface area contributed by atoms with Gasteiger partial charge in [0.05, 0.1) is 5.52 Å². The van der Waals surface area contributed by atoms with Gasteiger partial charge in [-0.2, -0.15) is 0 Å². The third-order valence-corrected chi connectivity index (χ3v) is 2.28. The molecular weight excluding hydrogens is 206 g/mol. The highest BCUT2D eigenvalue weighted by molar-refractivity contribution is 6.18. The molecule has 0 bridgehead atoms. The molecule has 0 unspecified atom stereocenters. The van der Waals surface area contributed by atoms with Crippen molar-refractivity contribution < 1.29 is 0 Å². The molecule has 15 heavy (non-hydrogen) atoms. The number of hydrogen-bond acceptors (Lipinski definition) is 1. The summed E-state index contributed by atoms with van der Waals surface area (Å²) in [5, 5.41) is 1.10. The minimum absolute atomic E-state index is 0.579. The summed E-state index contributed by atoms with van der Waals surface area (Å²) >= 11 is 5.57. The lowest BCUT2D eigenvalue weighted by atomic mass is 10.1. The molecule has 0 spiro atoms. The SMILES string of the molecule is ClCCC#Cc1cccc2ncccc12. The van der Waals surface area contributed by atoms with E-state index in [9.17, 15) is 0 Å². The van der Waals surface area contributed by atoms with Crippen molar-refractivity contribution in [3.8, 4) is 11.8 Å². The van der Waals surface area contributed by atoms with E-state index in [4.69, 9.17) is 11.6 Å². The van der Waals surface area contributed by atoms with E-state index < -0.39 is 0 Å². The van der Waals surface area contributed by atoms with Crippen LogP contribution in [0, 0.1) is 11.8 Å². The molecule has 1 nitrogen and oxygen atoms in total. The molecule has 0 aliphatic carbocycles. The number of fused-ring (bicyclic) bond motifs is 1. The van der Waals surface area contributed by atoms with Crippen molar-refractivity contribution in [2.75, 3.05) is 5.88 Å². The summed E-state index contributed by atoms with van der Waals surface area (Å²) in [6.45, 7) is 0. The van der Waals surface area contributed by atoms with Crippen molar-refractivity contribution in [3.63, 3.8) is 0 Å². The maximum Gasteiger partial charge on any atom is 0.0714 e. The Morgan fingerprint density at radius 2 is 2.13 bits per heavy atom. The Morgan fingerprint density at radius 1 is 1.20 bits per heavy atom. The molecule has 0 amide bonds. The first kappa shape index (κ1) is 10.0. The zero-order valence-electron chi connectivity index (χ0n) is 8.20. The Kier molecular flexibility index (Phi) is 3.22. The van der Waals surface area contributed by atoms with Crippen molar-refractivity contribution in [2.45, 2.75) is 6.42 Å². The number of hydrogen-bond donors (Lipinski definition) is 0. The van der Waals surface area contributed by atoms with Crippen LogP contribution >= 0.6 is 11.6 Å². The van der Waals surface area contributed by atoms with E-state index in [0.717, 1.165) is 22.9 Å². The predicted molar refractivity (Wildman–Crippen MR) is 64.0 cm³/mol. The van der Waals surface area contributed by atoms with E-state index in [1.54, 1.807) is 6.20 Å². The molecule has 2 heteroatoms. The minimum Gasteiger partial charge on any atom is -0.256 e. The second-order valence-corrected chi connectivity index (χ2v) is 3.49. The van der Waals surface area contributed by atoms with Crippen molar-refractivity contribution in [2.24, 2.45) is 0 Å². The Labute approximate surface area is 94.1 Å². The molecule has 1 aromatic carbocycles. The van der Waals surface area contributed by atoms with Crippen molar-refractivity contribution >= 4 is 22.5 Å². The number of halogens is 1. The highest BCUT2D eigenvalue weighted by Gasteiger charge is 1.96. The first-order chi connectivity index (χ1) is 7.42. The summed E-state index contributed by atoms with van der Waals surface area (Å²) in [6, 6.07) is 9.93. The van der Waals surface area contributed by atoms with Gasteiger partial charge in [-0.1, -0.05) is 24.0 Å². The molecule has 0 N–H and O–H groups in total. The number of alkyl halides is 1. The number of aromatic nitrogens is 1. The molecule has 0 atom stereocenters. The summed E-state index contributed by atoms with van der Waals surface area (Å²) in [5.41, 5.74) is 2.00. The lowest BCUT2D eigenvalue weighted by molar-refractivity contribution is 1.29. The molecule has 0 saturated heterocycles. The summed E-state index contributed by atoms with van der Waals surface area (Å²) in [5.74, 6) is 6.73. The van der Waals surface area contributed by atoms with Crippen LogP contribution in [-0.4, -0.2) is 10.9 Å². The van der Waals surface area contributed by atoms with Gasteiger partial charge in [0.25, 0.3) is 0 Å². The fourth-order valence-corrected chi connectivity index (χ4v) is 1.51. The van der Waals surface area contributed by atoms with Gasteiger partial charge in [-0.25, -0.2) is 0 Å². The van der Waals surface area contributed by atoms with Gasteiger partial charge >= 0.3 is 0 Å². The van der Waals surface area contributed by atoms with Gasteiger partial charge in [-0.3, -0.25) is 4.98 Å². The van der Waals surface area contributed by atoms with Crippen molar-refractivity contribution in [3.05, 3.63) is 42.1 Å². The first-order valence-corrected chi connectivity index (χ1v) is 5.34. The number of nitrogens with zero attached hydrogens (tertiary/aromatic N) is 1. The van der Waals surface area contributed by atoms with E-state index >= 15 is 0 Å². The normalized spacial score (nSPS) is 9.67. The topological polar surface area (TPSA) is 12.9 Å². The Hall–Kier alpha value is -1.52. The first-order valence-electron chi connectivity index (χ1n) is 4.80. The smallest absolute Gasteiger partial charge is 0.0714 e. The van der Waals surface area contributed by atoms with Crippen LogP contribution in [-0.2, 0) is 0 Å². The molecule has 0 radical (unpaired) electrons. The van der Waals surface area contributed by atoms with Gasteiger partial charge in [-0.15, -0.1) is 11.6 Å². The molecule has 2 aromatic rings. The van der Waals surface area contributed by atoms with E-state index in [2.05, 4.69) is 16.8 Å². The minimum atomic E-state index is 0.579. The Morgan fingerprint density at radius 3 is 3.00 bits per heavy atom. The van der Waals surface area contributed by atoms with Crippen molar-refractivity contribution in [1.82, 2.24) is 4.98 Å². The molecule has 0 saturated carbocycles. The number of benzene rings is 1. The van der Waals surface area contributed by atoms with Gasteiger partial charge in [0, 0.05) is 29.4 Å². The van der Waals surface area contributed by atoms with Crippen LogP contribution in [0.15, 0.2) is 36.5 Å². The van der Waals surface area contributed by atoms with Gasteiger partial charge in [0.2, 0.25) is 0 Å². The van der Waals surface area contributed by atoms with Gasteiger partial charge < -0.3 is 0 Å². The molecule has 0 aliphatic heterocycles. The zero-order chi connectivity index (χ0) is 10.5. The maximum atomic E-state index is 5.57.